The van der Waals surface area contributed by atoms with E-state index in [1.54, 1.807) is 18.3 Å². The summed E-state index contributed by atoms with van der Waals surface area (Å²) in [5, 5.41) is 23.3. The number of nitrogens with zero attached hydrogens (tertiary/aromatic N) is 1. The third-order valence-corrected chi connectivity index (χ3v) is 2.90. The van der Waals surface area contributed by atoms with Crippen molar-refractivity contribution in [2.75, 3.05) is 6.54 Å². The highest BCUT2D eigenvalue weighted by molar-refractivity contribution is 5.79. The second-order valence-electron chi connectivity index (χ2n) is 4.40. The standard InChI is InChI=1S/C14H16N2O3/c1-9(17)16-8-13(18)14(19)11-5-4-10-3-2-6-15-12(10)7-11/h2-7,13-14,18-19H,8H2,1H3,(H,16,17). The van der Waals surface area contributed by atoms with E-state index in [0.29, 0.717) is 5.56 Å². The van der Waals surface area contributed by atoms with E-state index in [1.165, 1.54) is 6.92 Å². The van der Waals surface area contributed by atoms with Crippen LogP contribution < -0.4 is 5.32 Å². The van der Waals surface area contributed by atoms with E-state index in [0.717, 1.165) is 10.9 Å². The number of aliphatic hydroxyl groups is 2. The molecule has 0 saturated heterocycles. The van der Waals surface area contributed by atoms with E-state index in [-0.39, 0.29) is 12.5 Å². The second kappa shape index (κ2) is 5.77. The molecule has 2 aromatic rings. The number of fused-ring (bicyclic) bond motifs is 1. The molecule has 0 radical (unpaired) electrons. The van der Waals surface area contributed by atoms with Crippen molar-refractivity contribution in [2.45, 2.75) is 19.1 Å². The lowest BCUT2D eigenvalue weighted by Gasteiger charge is -2.18. The number of carbonyl (C=O) groups excluding carboxylic acids is 1. The molecule has 1 aromatic heterocycles. The van der Waals surface area contributed by atoms with Gasteiger partial charge >= 0.3 is 0 Å². The third kappa shape index (κ3) is 3.27. The van der Waals surface area contributed by atoms with Crippen LogP contribution in [0.4, 0.5) is 0 Å². The maximum absolute atomic E-state index is 10.8. The van der Waals surface area contributed by atoms with Crippen molar-refractivity contribution >= 4 is 16.8 Å². The van der Waals surface area contributed by atoms with Gasteiger partial charge in [-0.15, -0.1) is 0 Å². The van der Waals surface area contributed by atoms with Gasteiger partial charge in [-0.1, -0.05) is 18.2 Å². The first kappa shape index (κ1) is 13.5. The van der Waals surface area contributed by atoms with Gasteiger partial charge in [-0.2, -0.15) is 0 Å². The largest absolute Gasteiger partial charge is 0.388 e. The smallest absolute Gasteiger partial charge is 0.216 e. The number of nitrogens with one attached hydrogen (secondary N) is 1. The van der Waals surface area contributed by atoms with Gasteiger partial charge in [0.2, 0.25) is 5.91 Å². The minimum absolute atomic E-state index is 0.0107. The highest BCUT2D eigenvalue weighted by atomic mass is 16.3. The molecular weight excluding hydrogens is 244 g/mol. The molecule has 2 atom stereocenters. The summed E-state index contributed by atoms with van der Waals surface area (Å²) in [7, 11) is 0. The SMILES string of the molecule is CC(=O)NCC(O)C(O)c1ccc2cccnc2c1. The molecule has 1 amide bonds. The number of rotatable bonds is 4. The average molecular weight is 260 g/mol. The van der Waals surface area contributed by atoms with Crippen LogP contribution in [0.25, 0.3) is 10.9 Å². The Balaban J connectivity index is 2.16. The fourth-order valence-electron chi connectivity index (χ4n) is 1.85. The van der Waals surface area contributed by atoms with E-state index in [1.807, 2.05) is 18.2 Å². The van der Waals surface area contributed by atoms with Gasteiger partial charge in [0.25, 0.3) is 0 Å². The highest BCUT2D eigenvalue weighted by Crippen LogP contribution is 2.21. The van der Waals surface area contributed by atoms with Gasteiger partial charge in [0, 0.05) is 25.1 Å². The lowest BCUT2D eigenvalue weighted by molar-refractivity contribution is -0.119. The monoisotopic (exact) mass is 260 g/mol. The molecule has 0 aliphatic carbocycles. The fraction of sp³-hybridized carbons (Fsp3) is 0.286. The zero-order valence-corrected chi connectivity index (χ0v) is 10.6. The summed E-state index contributed by atoms with van der Waals surface area (Å²) in [5.41, 5.74) is 1.33. The van der Waals surface area contributed by atoms with Crippen molar-refractivity contribution in [3.05, 3.63) is 42.1 Å². The Kier molecular flexibility index (Phi) is 4.09. The summed E-state index contributed by atoms with van der Waals surface area (Å²) in [5.74, 6) is -0.244. The zero-order chi connectivity index (χ0) is 13.8. The van der Waals surface area contributed by atoms with Crippen molar-refractivity contribution in [3.63, 3.8) is 0 Å². The van der Waals surface area contributed by atoms with Crippen LogP contribution in [0.1, 0.15) is 18.6 Å². The number of amides is 1. The fourth-order valence-corrected chi connectivity index (χ4v) is 1.85. The quantitative estimate of drug-likeness (QED) is 0.758. The molecule has 0 aliphatic heterocycles. The Labute approximate surface area is 110 Å². The number of aliphatic hydroxyl groups excluding tert-OH is 2. The van der Waals surface area contributed by atoms with Gasteiger partial charge in [-0.3, -0.25) is 9.78 Å². The first-order valence-electron chi connectivity index (χ1n) is 6.03. The molecule has 2 unspecified atom stereocenters. The lowest BCUT2D eigenvalue weighted by Crippen LogP contribution is -2.34. The van der Waals surface area contributed by atoms with Gasteiger partial charge in [0.15, 0.2) is 0 Å². The van der Waals surface area contributed by atoms with Crippen LogP contribution in [0.3, 0.4) is 0 Å². The molecule has 5 heteroatoms. The molecule has 0 bridgehead atoms. The first-order valence-corrected chi connectivity index (χ1v) is 6.03. The number of pyridine rings is 1. The van der Waals surface area contributed by atoms with Crippen molar-refractivity contribution in [1.82, 2.24) is 10.3 Å². The summed E-state index contributed by atoms with van der Waals surface area (Å²) in [6.45, 7) is 1.37. The summed E-state index contributed by atoms with van der Waals surface area (Å²) >= 11 is 0. The Hall–Kier alpha value is -1.98. The Morgan fingerprint density at radius 2 is 2.16 bits per heavy atom. The molecule has 0 spiro atoms. The molecule has 3 N–H and O–H groups in total. The molecule has 1 heterocycles. The maximum atomic E-state index is 10.8. The molecule has 100 valence electrons. The van der Waals surface area contributed by atoms with Gasteiger partial charge in [-0.05, 0) is 17.7 Å². The number of aromatic nitrogens is 1. The predicted molar refractivity (Wildman–Crippen MR) is 71.4 cm³/mol. The molecule has 5 nitrogen and oxygen atoms in total. The minimum Gasteiger partial charge on any atom is -0.388 e. The van der Waals surface area contributed by atoms with Crippen molar-refractivity contribution < 1.29 is 15.0 Å². The lowest BCUT2D eigenvalue weighted by atomic mass is 10.0. The van der Waals surface area contributed by atoms with Crippen molar-refractivity contribution in [1.29, 1.82) is 0 Å². The minimum atomic E-state index is -1.06. The molecule has 1 aromatic carbocycles. The summed E-state index contributed by atoms with van der Waals surface area (Å²) < 4.78 is 0. The summed E-state index contributed by atoms with van der Waals surface area (Å²) in [4.78, 5) is 15.0. The Morgan fingerprint density at radius 1 is 1.37 bits per heavy atom. The number of hydrogen-bond donors (Lipinski definition) is 3. The van der Waals surface area contributed by atoms with E-state index < -0.39 is 12.2 Å². The third-order valence-electron chi connectivity index (χ3n) is 2.90. The summed E-state index contributed by atoms with van der Waals surface area (Å²) in [6.07, 6.45) is -0.435. The van der Waals surface area contributed by atoms with Crippen molar-refractivity contribution in [2.24, 2.45) is 0 Å². The maximum Gasteiger partial charge on any atom is 0.216 e. The molecular formula is C14H16N2O3. The van der Waals surface area contributed by atoms with Crippen LogP contribution in [0.5, 0.6) is 0 Å². The van der Waals surface area contributed by atoms with E-state index >= 15 is 0 Å². The van der Waals surface area contributed by atoms with E-state index in [2.05, 4.69) is 10.3 Å². The summed E-state index contributed by atoms with van der Waals surface area (Å²) in [6, 6.07) is 9.07. The predicted octanol–water partition coefficient (Wildman–Crippen LogP) is 0.765. The van der Waals surface area contributed by atoms with Gasteiger partial charge in [0.1, 0.15) is 12.2 Å². The number of benzene rings is 1. The topological polar surface area (TPSA) is 82.5 Å². The number of carbonyl (C=O) groups is 1. The second-order valence-corrected chi connectivity index (χ2v) is 4.40. The van der Waals surface area contributed by atoms with Crippen LogP contribution in [-0.4, -0.2) is 33.8 Å². The van der Waals surface area contributed by atoms with Crippen molar-refractivity contribution in [3.8, 4) is 0 Å². The van der Waals surface area contributed by atoms with Gasteiger partial charge in [-0.25, -0.2) is 0 Å². The van der Waals surface area contributed by atoms with Crippen LogP contribution >= 0.6 is 0 Å². The molecule has 0 fully saturated rings. The highest BCUT2D eigenvalue weighted by Gasteiger charge is 2.18. The van der Waals surface area contributed by atoms with Crippen LogP contribution in [0, 0.1) is 0 Å². The van der Waals surface area contributed by atoms with Gasteiger partial charge < -0.3 is 15.5 Å². The molecule has 19 heavy (non-hydrogen) atoms. The molecule has 2 rings (SSSR count). The average Bonchev–Trinajstić information content (AvgIpc) is 2.43. The number of hydrogen-bond acceptors (Lipinski definition) is 4. The Morgan fingerprint density at radius 3 is 2.89 bits per heavy atom. The molecule has 0 saturated carbocycles. The van der Waals surface area contributed by atoms with Crippen LogP contribution in [-0.2, 0) is 4.79 Å². The van der Waals surface area contributed by atoms with E-state index in [9.17, 15) is 15.0 Å². The Bertz CT molecular complexity index is 586. The first-order chi connectivity index (χ1) is 9.08. The van der Waals surface area contributed by atoms with Crippen LogP contribution in [0.2, 0.25) is 0 Å². The molecule has 0 aliphatic rings. The van der Waals surface area contributed by atoms with E-state index in [4.69, 9.17) is 0 Å². The zero-order valence-electron chi connectivity index (χ0n) is 10.6. The van der Waals surface area contributed by atoms with Gasteiger partial charge in [0.05, 0.1) is 5.52 Å². The van der Waals surface area contributed by atoms with Crippen LogP contribution in [0.15, 0.2) is 36.5 Å². The normalized spacial score (nSPS) is 14.1.